The summed E-state index contributed by atoms with van der Waals surface area (Å²) in [6, 6.07) is 16.0. The predicted molar refractivity (Wildman–Crippen MR) is 156 cm³/mol. The maximum atomic E-state index is 10.7. The summed E-state index contributed by atoms with van der Waals surface area (Å²) in [6.45, 7) is 17.5. The van der Waals surface area contributed by atoms with Crippen molar-refractivity contribution >= 4 is 6.08 Å². The van der Waals surface area contributed by atoms with Crippen LogP contribution in [0.25, 0.3) is 17.2 Å². The Balaban J connectivity index is 2.05. The molecule has 1 aromatic heterocycles. The summed E-state index contributed by atoms with van der Waals surface area (Å²) in [5.74, 6) is 0. The maximum absolute atomic E-state index is 10.7. The number of aryl methyl sites for hydroxylation is 4. The van der Waals surface area contributed by atoms with Gasteiger partial charge in [0.1, 0.15) is 0 Å². The number of benzene rings is 2. The van der Waals surface area contributed by atoms with Crippen molar-refractivity contribution in [2.75, 3.05) is 0 Å². The van der Waals surface area contributed by atoms with Crippen molar-refractivity contribution in [3.05, 3.63) is 93.8 Å². The highest BCUT2D eigenvalue weighted by Gasteiger charge is 2.32. The minimum atomic E-state index is -0.731. The van der Waals surface area contributed by atoms with Crippen molar-refractivity contribution < 1.29 is 5.11 Å². The van der Waals surface area contributed by atoms with Crippen molar-refractivity contribution in [3.8, 4) is 11.1 Å². The fourth-order valence-corrected chi connectivity index (χ4v) is 5.60. The molecule has 0 saturated heterocycles. The summed E-state index contributed by atoms with van der Waals surface area (Å²) < 4.78 is 0. The average molecular weight is 484 g/mol. The molecule has 0 radical (unpaired) electrons. The van der Waals surface area contributed by atoms with E-state index in [0.29, 0.717) is 0 Å². The first kappa shape index (κ1) is 27.9. The average Bonchev–Trinajstić information content (AvgIpc) is 2.89. The van der Waals surface area contributed by atoms with Crippen LogP contribution < -0.4 is 0 Å². The molecule has 0 aliphatic rings. The van der Waals surface area contributed by atoms with Gasteiger partial charge in [-0.3, -0.25) is 4.98 Å². The molecule has 0 bridgehead atoms. The molecule has 0 aliphatic heterocycles. The Labute approximate surface area is 219 Å². The Hall–Kier alpha value is -2.71. The molecule has 0 saturated carbocycles. The lowest BCUT2D eigenvalue weighted by molar-refractivity contribution is 0.0836. The van der Waals surface area contributed by atoms with Crippen LogP contribution in [0.2, 0.25) is 0 Å². The molecule has 3 aromatic rings. The van der Waals surface area contributed by atoms with Crippen LogP contribution in [0.5, 0.6) is 0 Å². The van der Waals surface area contributed by atoms with E-state index in [9.17, 15) is 5.11 Å². The van der Waals surface area contributed by atoms with Gasteiger partial charge >= 0.3 is 0 Å². The Morgan fingerprint density at radius 1 is 0.750 bits per heavy atom. The molecule has 0 amide bonds. The minimum Gasteiger partial charge on any atom is -0.386 e. The standard InChI is InChI=1S/C34H45NO/c1-9-31-17-15-28(23-35-31)32-25(7)21-30(22-26(32)8)34(12-4,13-5)29-16-14-27(24(6)20-29)18-19-33(36,10-2)11-3/h14-23,36H,9-13H2,1-8H3/b19-18+. The lowest BCUT2D eigenvalue weighted by Crippen LogP contribution is -2.26. The van der Waals surface area contributed by atoms with Gasteiger partial charge in [0, 0.05) is 22.9 Å². The molecule has 2 aromatic carbocycles. The monoisotopic (exact) mass is 483 g/mol. The Kier molecular flexibility index (Phi) is 8.95. The molecule has 1 heterocycles. The van der Waals surface area contributed by atoms with Crippen LogP contribution in [0.1, 0.15) is 99.4 Å². The van der Waals surface area contributed by atoms with Crippen LogP contribution in [0.4, 0.5) is 0 Å². The van der Waals surface area contributed by atoms with Gasteiger partial charge in [0.25, 0.3) is 0 Å². The molecular weight excluding hydrogens is 438 g/mol. The maximum Gasteiger partial charge on any atom is 0.0825 e. The molecule has 2 nitrogen and oxygen atoms in total. The molecule has 0 unspecified atom stereocenters. The second-order valence-corrected chi connectivity index (χ2v) is 10.4. The largest absolute Gasteiger partial charge is 0.386 e. The van der Waals surface area contributed by atoms with Crippen LogP contribution in [-0.4, -0.2) is 15.7 Å². The second kappa shape index (κ2) is 11.6. The van der Waals surface area contributed by atoms with Gasteiger partial charge in [0.15, 0.2) is 0 Å². The Bertz CT molecular complexity index is 1170. The molecule has 0 aliphatic carbocycles. The number of aliphatic hydroxyl groups is 1. The fourth-order valence-electron chi connectivity index (χ4n) is 5.60. The van der Waals surface area contributed by atoms with E-state index in [1.807, 2.05) is 26.1 Å². The molecular formula is C34H45NO. The van der Waals surface area contributed by atoms with Gasteiger partial charge in [-0.25, -0.2) is 0 Å². The van der Waals surface area contributed by atoms with E-state index in [-0.39, 0.29) is 5.41 Å². The van der Waals surface area contributed by atoms with Crippen LogP contribution in [0.15, 0.2) is 54.7 Å². The van der Waals surface area contributed by atoms with Crippen molar-refractivity contribution in [2.45, 2.75) is 98.5 Å². The van der Waals surface area contributed by atoms with E-state index < -0.39 is 5.60 Å². The first-order chi connectivity index (χ1) is 17.2. The highest BCUT2D eigenvalue weighted by Crippen LogP contribution is 2.42. The number of aromatic nitrogens is 1. The number of nitrogens with zero attached hydrogens (tertiary/aromatic N) is 1. The van der Waals surface area contributed by atoms with Crippen LogP contribution in [-0.2, 0) is 11.8 Å². The van der Waals surface area contributed by atoms with Gasteiger partial charge < -0.3 is 5.11 Å². The zero-order chi connectivity index (χ0) is 26.5. The first-order valence-corrected chi connectivity index (χ1v) is 13.8. The van der Waals surface area contributed by atoms with Gasteiger partial charge in [-0.05, 0) is 97.9 Å². The SMILES string of the molecule is CCc1ccc(-c2c(C)cc(C(CC)(CC)c3ccc(/C=C/C(O)(CC)CC)c(C)c3)cc2C)cn1. The number of rotatable bonds is 10. The smallest absolute Gasteiger partial charge is 0.0825 e. The van der Waals surface area contributed by atoms with E-state index in [1.165, 1.54) is 44.5 Å². The van der Waals surface area contributed by atoms with E-state index in [4.69, 9.17) is 0 Å². The van der Waals surface area contributed by atoms with Gasteiger partial charge in [-0.2, -0.15) is 0 Å². The molecule has 36 heavy (non-hydrogen) atoms. The number of pyridine rings is 1. The zero-order valence-corrected chi connectivity index (χ0v) is 23.7. The fraction of sp³-hybridized carbons (Fsp3) is 0.441. The van der Waals surface area contributed by atoms with E-state index in [2.05, 4.69) is 95.1 Å². The van der Waals surface area contributed by atoms with Crippen molar-refractivity contribution in [1.29, 1.82) is 0 Å². The Morgan fingerprint density at radius 3 is 1.83 bits per heavy atom. The summed E-state index contributed by atoms with van der Waals surface area (Å²) in [6.07, 6.45) is 10.6. The molecule has 2 heteroatoms. The van der Waals surface area contributed by atoms with Gasteiger partial charge in [0.05, 0.1) is 5.60 Å². The quantitative estimate of drug-likeness (QED) is 0.312. The van der Waals surface area contributed by atoms with Gasteiger partial charge in [0.2, 0.25) is 0 Å². The van der Waals surface area contributed by atoms with Crippen molar-refractivity contribution in [1.82, 2.24) is 4.98 Å². The van der Waals surface area contributed by atoms with E-state index in [1.54, 1.807) is 0 Å². The van der Waals surface area contributed by atoms with E-state index >= 15 is 0 Å². The van der Waals surface area contributed by atoms with Gasteiger partial charge in [-0.15, -0.1) is 0 Å². The molecule has 0 fully saturated rings. The second-order valence-electron chi connectivity index (χ2n) is 10.4. The normalized spacial score (nSPS) is 12.5. The summed E-state index contributed by atoms with van der Waals surface area (Å²) >= 11 is 0. The lowest BCUT2D eigenvalue weighted by Gasteiger charge is -2.35. The summed E-state index contributed by atoms with van der Waals surface area (Å²) in [5.41, 5.74) is 10.6. The van der Waals surface area contributed by atoms with Crippen molar-refractivity contribution in [2.24, 2.45) is 0 Å². The molecule has 1 N–H and O–H groups in total. The summed E-state index contributed by atoms with van der Waals surface area (Å²) in [7, 11) is 0. The van der Waals surface area contributed by atoms with E-state index in [0.717, 1.165) is 37.8 Å². The van der Waals surface area contributed by atoms with Crippen LogP contribution >= 0.6 is 0 Å². The minimum absolute atomic E-state index is 0.0427. The lowest BCUT2D eigenvalue weighted by atomic mass is 9.69. The molecule has 3 rings (SSSR count). The molecule has 0 atom stereocenters. The predicted octanol–water partition coefficient (Wildman–Crippen LogP) is 8.91. The van der Waals surface area contributed by atoms with Gasteiger partial charge in [-0.1, -0.05) is 83.2 Å². The van der Waals surface area contributed by atoms with Crippen LogP contribution in [0.3, 0.4) is 0 Å². The number of hydrogen-bond donors (Lipinski definition) is 1. The molecule has 0 spiro atoms. The molecule has 192 valence electrons. The Morgan fingerprint density at radius 2 is 1.36 bits per heavy atom. The third-order valence-corrected chi connectivity index (χ3v) is 8.39. The van der Waals surface area contributed by atoms with Crippen molar-refractivity contribution in [3.63, 3.8) is 0 Å². The highest BCUT2D eigenvalue weighted by atomic mass is 16.3. The topological polar surface area (TPSA) is 33.1 Å². The highest BCUT2D eigenvalue weighted by molar-refractivity contribution is 5.71. The third-order valence-electron chi connectivity index (χ3n) is 8.39. The van der Waals surface area contributed by atoms with Crippen LogP contribution in [0, 0.1) is 20.8 Å². The summed E-state index contributed by atoms with van der Waals surface area (Å²) in [4.78, 5) is 4.64. The first-order valence-electron chi connectivity index (χ1n) is 13.8. The summed E-state index contributed by atoms with van der Waals surface area (Å²) in [5, 5.41) is 10.7. The number of hydrogen-bond acceptors (Lipinski definition) is 2. The zero-order valence-electron chi connectivity index (χ0n) is 23.7. The third kappa shape index (κ3) is 5.49.